The van der Waals surface area contributed by atoms with Gasteiger partial charge in [-0.2, -0.15) is 0 Å². The molecule has 0 amide bonds. The predicted molar refractivity (Wildman–Crippen MR) is 73.2 cm³/mol. The summed E-state index contributed by atoms with van der Waals surface area (Å²) in [5.74, 6) is 0.860. The van der Waals surface area contributed by atoms with Gasteiger partial charge in [0.2, 0.25) is 0 Å². The van der Waals surface area contributed by atoms with Crippen molar-refractivity contribution in [2.24, 2.45) is 5.92 Å². The second-order valence-corrected chi connectivity index (χ2v) is 8.61. The Morgan fingerprint density at radius 2 is 1.69 bits per heavy atom. The van der Waals surface area contributed by atoms with Crippen LogP contribution in [0.25, 0.3) is 0 Å². The SMILES string of the molecule is CC(C)C1([SH](C)C)CCN(I)CC1. The Balaban J connectivity index is 2.69. The zero-order valence-corrected chi connectivity index (χ0v) is 12.2. The lowest BCUT2D eigenvalue weighted by atomic mass is 9.86. The van der Waals surface area contributed by atoms with Crippen LogP contribution in [0.5, 0.6) is 0 Å². The molecule has 0 spiro atoms. The quantitative estimate of drug-likeness (QED) is 0.466. The van der Waals surface area contributed by atoms with Crippen molar-refractivity contribution in [1.29, 1.82) is 0 Å². The fourth-order valence-electron chi connectivity index (χ4n) is 2.41. The van der Waals surface area contributed by atoms with Crippen LogP contribution in [0.1, 0.15) is 26.7 Å². The van der Waals surface area contributed by atoms with Crippen LogP contribution >= 0.6 is 33.8 Å². The van der Waals surface area contributed by atoms with Crippen molar-refractivity contribution in [1.82, 2.24) is 3.11 Å². The third kappa shape index (κ3) is 2.53. The first-order valence-electron chi connectivity index (χ1n) is 5.07. The summed E-state index contributed by atoms with van der Waals surface area (Å²) in [4.78, 5) is 0. The molecule has 1 aliphatic rings. The molecule has 0 atom stereocenters. The number of thiol groups is 1. The van der Waals surface area contributed by atoms with Crippen molar-refractivity contribution in [3.05, 3.63) is 0 Å². The number of hydrogen-bond donors (Lipinski definition) is 1. The first-order valence-corrected chi connectivity index (χ1v) is 8.27. The van der Waals surface area contributed by atoms with Gasteiger partial charge in [-0.3, -0.25) is 10.9 Å². The van der Waals surface area contributed by atoms with E-state index in [2.05, 4.69) is 52.3 Å². The van der Waals surface area contributed by atoms with Crippen LogP contribution < -0.4 is 0 Å². The van der Waals surface area contributed by atoms with Gasteiger partial charge in [0.15, 0.2) is 0 Å². The van der Waals surface area contributed by atoms with E-state index >= 15 is 0 Å². The maximum Gasteiger partial charge on any atom is 0.0201 e. The summed E-state index contributed by atoms with van der Waals surface area (Å²) in [6.45, 7) is 7.40. The standard InChI is InChI=1S/C10H22INS/c1-9(2)10(13(3)4)5-7-12(11)8-6-10/h9,13H,5-8H2,1-4H3. The molecule has 1 fully saturated rings. The van der Waals surface area contributed by atoms with Gasteiger partial charge in [0.25, 0.3) is 0 Å². The van der Waals surface area contributed by atoms with Gasteiger partial charge in [-0.05, 0) is 31.3 Å². The van der Waals surface area contributed by atoms with Crippen LogP contribution in [0.2, 0.25) is 0 Å². The van der Waals surface area contributed by atoms with Gasteiger partial charge in [0.05, 0.1) is 0 Å². The number of hydrogen-bond acceptors (Lipinski definition) is 1. The molecule has 0 saturated carbocycles. The van der Waals surface area contributed by atoms with Crippen molar-refractivity contribution >= 4 is 33.8 Å². The number of nitrogens with zero attached hydrogens (tertiary/aromatic N) is 1. The molecule has 0 aromatic heterocycles. The molecule has 0 aliphatic carbocycles. The molecule has 1 rings (SSSR count). The monoisotopic (exact) mass is 315 g/mol. The van der Waals surface area contributed by atoms with Crippen LogP contribution in [-0.2, 0) is 0 Å². The first kappa shape index (κ1) is 12.1. The van der Waals surface area contributed by atoms with E-state index in [1.165, 1.54) is 25.9 Å². The number of piperidine rings is 1. The molecule has 80 valence electrons. The lowest BCUT2D eigenvalue weighted by Crippen LogP contribution is -2.44. The Hall–Kier alpha value is 1.04. The minimum Gasteiger partial charge on any atom is -0.253 e. The third-order valence-electron chi connectivity index (χ3n) is 3.54. The summed E-state index contributed by atoms with van der Waals surface area (Å²) in [6, 6.07) is 0. The number of halogens is 1. The minimum atomic E-state index is 0.209. The number of rotatable bonds is 2. The summed E-state index contributed by atoms with van der Waals surface area (Å²) in [5, 5.41) is 0. The maximum absolute atomic E-state index is 2.46. The van der Waals surface area contributed by atoms with Gasteiger partial charge in [-0.15, -0.1) is 0 Å². The third-order valence-corrected chi connectivity index (χ3v) is 7.25. The predicted octanol–water partition coefficient (Wildman–Crippen LogP) is 3.09. The van der Waals surface area contributed by atoms with Crippen LogP contribution in [0, 0.1) is 5.92 Å². The molecule has 1 saturated heterocycles. The summed E-state index contributed by atoms with van der Waals surface area (Å²) in [6.07, 6.45) is 7.73. The highest BCUT2D eigenvalue weighted by Gasteiger charge is 2.38. The van der Waals surface area contributed by atoms with Gasteiger partial charge in [-0.25, -0.2) is 3.11 Å². The zero-order valence-electron chi connectivity index (χ0n) is 9.18. The molecule has 0 aromatic rings. The second-order valence-electron chi connectivity index (χ2n) is 4.56. The van der Waals surface area contributed by atoms with Crippen molar-refractivity contribution in [2.45, 2.75) is 31.4 Å². The Kier molecular flexibility index (Phi) is 4.39. The Morgan fingerprint density at radius 3 is 2.00 bits per heavy atom. The highest BCUT2D eigenvalue weighted by atomic mass is 127. The molecule has 0 unspecified atom stereocenters. The molecular formula is C10H22INS. The van der Waals surface area contributed by atoms with Gasteiger partial charge in [0.1, 0.15) is 0 Å². The lowest BCUT2D eigenvalue weighted by molar-refractivity contribution is 0.282. The highest BCUT2D eigenvalue weighted by molar-refractivity contribution is 14.1. The maximum atomic E-state index is 2.46. The first-order chi connectivity index (χ1) is 5.99. The molecule has 1 heterocycles. The molecule has 3 heteroatoms. The lowest BCUT2D eigenvalue weighted by Gasteiger charge is -2.48. The fraction of sp³-hybridized carbons (Fsp3) is 1.00. The molecule has 1 aliphatic heterocycles. The summed E-state index contributed by atoms with van der Waals surface area (Å²) in [7, 11) is 0.209. The van der Waals surface area contributed by atoms with Crippen molar-refractivity contribution in [2.75, 3.05) is 25.6 Å². The van der Waals surface area contributed by atoms with Crippen LogP contribution in [0.3, 0.4) is 0 Å². The van der Waals surface area contributed by atoms with E-state index in [0.717, 1.165) is 5.92 Å². The normalized spacial score (nSPS) is 24.9. The van der Waals surface area contributed by atoms with Crippen LogP contribution in [0.4, 0.5) is 0 Å². The summed E-state index contributed by atoms with van der Waals surface area (Å²) >= 11 is 2.46. The van der Waals surface area contributed by atoms with E-state index in [0.29, 0.717) is 4.75 Å². The largest absolute Gasteiger partial charge is 0.253 e. The molecule has 0 bridgehead atoms. The van der Waals surface area contributed by atoms with E-state index in [4.69, 9.17) is 0 Å². The topological polar surface area (TPSA) is 3.24 Å². The second kappa shape index (κ2) is 4.71. The highest BCUT2D eigenvalue weighted by Crippen LogP contribution is 2.48. The minimum absolute atomic E-state index is 0.209. The van der Waals surface area contributed by atoms with E-state index in [-0.39, 0.29) is 10.9 Å². The van der Waals surface area contributed by atoms with Gasteiger partial charge < -0.3 is 0 Å². The van der Waals surface area contributed by atoms with Gasteiger partial charge in [-0.1, -0.05) is 13.8 Å². The molecule has 0 radical (unpaired) electrons. The summed E-state index contributed by atoms with van der Waals surface area (Å²) < 4.78 is 3.12. The molecule has 0 N–H and O–H groups in total. The van der Waals surface area contributed by atoms with Crippen LogP contribution in [-0.4, -0.2) is 33.5 Å². The van der Waals surface area contributed by atoms with Crippen molar-refractivity contribution in [3.8, 4) is 0 Å². The van der Waals surface area contributed by atoms with Crippen molar-refractivity contribution < 1.29 is 0 Å². The Bertz CT molecular complexity index is 152. The van der Waals surface area contributed by atoms with Gasteiger partial charge in [0, 0.05) is 40.7 Å². The van der Waals surface area contributed by atoms with E-state index in [1.807, 2.05) is 0 Å². The molecular weight excluding hydrogens is 293 g/mol. The molecule has 1 nitrogen and oxygen atoms in total. The van der Waals surface area contributed by atoms with Gasteiger partial charge >= 0.3 is 0 Å². The Labute approximate surface area is 99.5 Å². The van der Waals surface area contributed by atoms with E-state index < -0.39 is 0 Å². The van der Waals surface area contributed by atoms with Crippen molar-refractivity contribution in [3.63, 3.8) is 0 Å². The van der Waals surface area contributed by atoms with Crippen LogP contribution in [0.15, 0.2) is 0 Å². The van der Waals surface area contributed by atoms with E-state index in [9.17, 15) is 0 Å². The Morgan fingerprint density at radius 1 is 1.23 bits per heavy atom. The molecule has 13 heavy (non-hydrogen) atoms. The zero-order chi connectivity index (χ0) is 10.1. The fourth-order valence-corrected chi connectivity index (χ4v) is 5.02. The van der Waals surface area contributed by atoms with E-state index in [1.54, 1.807) is 0 Å². The smallest absolute Gasteiger partial charge is 0.0201 e. The average molecular weight is 315 g/mol. The summed E-state index contributed by atoms with van der Waals surface area (Å²) in [5.41, 5.74) is 0. The average Bonchev–Trinajstić information content (AvgIpc) is 2.04. The molecule has 0 aromatic carbocycles.